The van der Waals surface area contributed by atoms with Gasteiger partial charge in [-0.3, -0.25) is 9.59 Å². The molecule has 0 saturated carbocycles. The molecule has 4 nitrogen and oxygen atoms in total. The molecule has 0 unspecified atom stereocenters. The number of halogens is 1. The van der Waals surface area contributed by atoms with Crippen LogP contribution in [0.1, 0.15) is 45.1 Å². The van der Waals surface area contributed by atoms with E-state index in [9.17, 15) is 14.0 Å². The summed E-state index contributed by atoms with van der Waals surface area (Å²) in [7, 11) is 0. The smallest absolute Gasteiger partial charge is 0.239 e. The van der Waals surface area contributed by atoms with Gasteiger partial charge in [0.25, 0.3) is 0 Å². The predicted molar refractivity (Wildman–Crippen MR) is 84.6 cm³/mol. The van der Waals surface area contributed by atoms with Gasteiger partial charge in [0, 0.05) is 19.5 Å². The van der Waals surface area contributed by atoms with Crippen molar-refractivity contribution in [3.8, 4) is 0 Å². The van der Waals surface area contributed by atoms with Gasteiger partial charge < -0.3 is 10.2 Å². The molecule has 22 heavy (non-hydrogen) atoms. The molecule has 5 heteroatoms. The highest BCUT2D eigenvalue weighted by Gasteiger charge is 2.14. The second kappa shape index (κ2) is 9.92. The van der Waals surface area contributed by atoms with Crippen LogP contribution < -0.4 is 5.32 Å². The molecule has 0 aromatic heterocycles. The van der Waals surface area contributed by atoms with Gasteiger partial charge in [0.2, 0.25) is 11.8 Å². The number of unbranched alkanes of at least 4 members (excludes halogenated alkanes) is 2. The van der Waals surface area contributed by atoms with Gasteiger partial charge in [-0.2, -0.15) is 0 Å². The number of carbonyl (C=O) groups excluding carboxylic acids is 2. The molecule has 0 atom stereocenters. The summed E-state index contributed by atoms with van der Waals surface area (Å²) in [6, 6.07) is 5.97. The van der Waals surface area contributed by atoms with E-state index < -0.39 is 0 Å². The Morgan fingerprint density at radius 3 is 2.41 bits per heavy atom. The van der Waals surface area contributed by atoms with Gasteiger partial charge in [-0.15, -0.1) is 0 Å². The van der Waals surface area contributed by atoms with Gasteiger partial charge in [0.05, 0.1) is 6.54 Å². The molecule has 0 spiro atoms. The fourth-order valence-corrected chi connectivity index (χ4v) is 2.09. The van der Waals surface area contributed by atoms with Gasteiger partial charge in [0.1, 0.15) is 5.82 Å². The Labute approximate surface area is 131 Å². The van der Waals surface area contributed by atoms with Crippen molar-refractivity contribution in [2.45, 2.75) is 46.1 Å². The number of hydrogen-bond donors (Lipinski definition) is 1. The van der Waals surface area contributed by atoms with Crippen LogP contribution in [-0.4, -0.2) is 29.8 Å². The Balaban J connectivity index is 2.37. The quantitative estimate of drug-likeness (QED) is 0.713. The Bertz CT molecular complexity index is 474. The van der Waals surface area contributed by atoms with Crippen molar-refractivity contribution < 1.29 is 14.0 Å². The van der Waals surface area contributed by atoms with Crippen molar-refractivity contribution in [3.63, 3.8) is 0 Å². The fourth-order valence-electron chi connectivity index (χ4n) is 2.09. The first-order chi connectivity index (χ1) is 10.6. The van der Waals surface area contributed by atoms with Crippen LogP contribution in [0.4, 0.5) is 4.39 Å². The summed E-state index contributed by atoms with van der Waals surface area (Å²) in [6.45, 7) is 4.88. The van der Waals surface area contributed by atoms with E-state index in [0.717, 1.165) is 24.8 Å². The zero-order valence-corrected chi connectivity index (χ0v) is 13.4. The van der Waals surface area contributed by atoms with Crippen molar-refractivity contribution in [2.24, 2.45) is 0 Å². The molecule has 0 saturated heterocycles. The van der Waals surface area contributed by atoms with Crippen LogP contribution in [0.25, 0.3) is 0 Å². The van der Waals surface area contributed by atoms with Gasteiger partial charge in [-0.25, -0.2) is 4.39 Å². The molecule has 2 amide bonds. The van der Waals surface area contributed by atoms with E-state index in [1.165, 1.54) is 12.1 Å². The lowest BCUT2D eigenvalue weighted by molar-refractivity contribution is -0.136. The third kappa shape index (κ3) is 6.70. The molecular weight excluding hydrogens is 283 g/mol. The molecule has 122 valence electrons. The Hall–Kier alpha value is -1.91. The minimum Gasteiger partial charge on any atom is -0.350 e. The highest BCUT2D eigenvalue weighted by Crippen LogP contribution is 2.04. The third-order valence-corrected chi connectivity index (χ3v) is 3.47. The maximum atomic E-state index is 12.8. The SMILES string of the molecule is CCCCCC(=O)N(CC)CC(=O)NCc1ccc(F)cc1. The normalized spacial score (nSPS) is 10.3. The summed E-state index contributed by atoms with van der Waals surface area (Å²) in [5.41, 5.74) is 0.826. The maximum absolute atomic E-state index is 12.8. The summed E-state index contributed by atoms with van der Waals surface area (Å²) in [5, 5.41) is 2.75. The van der Waals surface area contributed by atoms with E-state index in [-0.39, 0.29) is 24.2 Å². The van der Waals surface area contributed by atoms with Crippen LogP contribution in [0.2, 0.25) is 0 Å². The van der Waals surface area contributed by atoms with E-state index in [2.05, 4.69) is 12.2 Å². The van der Waals surface area contributed by atoms with Crippen LogP contribution in [0.3, 0.4) is 0 Å². The summed E-state index contributed by atoms with van der Waals surface area (Å²) >= 11 is 0. The van der Waals surface area contributed by atoms with Crippen molar-refractivity contribution >= 4 is 11.8 Å². The van der Waals surface area contributed by atoms with Crippen LogP contribution in [0, 0.1) is 5.82 Å². The monoisotopic (exact) mass is 308 g/mol. The lowest BCUT2D eigenvalue weighted by atomic mass is 10.2. The van der Waals surface area contributed by atoms with Crippen molar-refractivity contribution in [3.05, 3.63) is 35.6 Å². The molecule has 0 radical (unpaired) electrons. The number of nitrogens with zero attached hydrogens (tertiary/aromatic N) is 1. The molecular formula is C17H25FN2O2. The number of hydrogen-bond acceptors (Lipinski definition) is 2. The topological polar surface area (TPSA) is 49.4 Å². The van der Waals surface area contributed by atoms with Gasteiger partial charge >= 0.3 is 0 Å². The van der Waals surface area contributed by atoms with E-state index in [4.69, 9.17) is 0 Å². The van der Waals surface area contributed by atoms with Crippen LogP contribution >= 0.6 is 0 Å². The lowest BCUT2D eigenvalue weighted by Crippen LogP contribution is -2.40. The number of amides is 2. The summed E-state index contributed by atoms with van der Waals surface area (Å²) < 4.78 is 12.8. The number of nitrogens with one attached hydrogen (secondary N) is 1. The number of carbonyl (C=O) groups is 2. The second-order valence-electron chi connectivity index (χ2n) is 5.27. The first-order valence-corrected chi connectivity index (χ1v) is 7.85. The van der Waals surface area contributed by atoms with Crippen molar-refractivity contribution in [1.82, 2.24) is 10.2 Å². The summed E-state index contributed by atoms with van der Waals surface area (Å²) in [4.78, 5) is 25.5. The highest BCUT2D eigenvalue weighted by atomic mass is 19.1. The van der Waals surface area contributed by atoms with Gasteiger partial charge in [0.15, 0.2) is 0 Å². The summed E-state index contributed by atoms with van der Waals surface area (Å²) in [6.07, 6.45) is 3.45. The molecule has 1 rings (SSSR count). The number of benzene rings is 1. The summed E-state index contributed by atoms with van der Waals surface area (Å²) in [5.74, 6) is -0.479. The predicted octanol–water partition coefficient (Wildman–Crippen LogP) is 2.87. The largest absolute Gasteiger partial charge is 0.350 e. The number of likely N-dealkylation sites (N-methyl/N-ethyl adjacent to an activating group) is 1. The minimum absolute atomic E-state index is 0.0212. The zero-order chi connectivity index (χ0) is 16.4. The Kier molecular flexibility index (Phi) is 8.18. The third-order valence-electron chi connectivity index (χ3n) is 3.47. The Morgan fingerprint density at radius 1 is 1.14 bits per heavy atom. The van der Waals surface area contributed by atoms with E-state index in [1.807, 2.05) is 6.92 Å². The molecule has 1 aromatic carbocycles. The molecule has 0 bridgehead atoms. The second-order valence-corrected chi connectivity index (χ2v) is 5.27. The van der Waals surface area contributed by atoms with Gasteiger partial charge in [-0.1, -0.05) is 31.9 Å². The van der Waals surface area contributed by atoms with E-state index in [1.54, 1.807) is 17.0 Å². The van der Waals surface area contributed by atoms with E-state index >= 15 is 0 Å². The number of rotatable bonds is 9. The van der Waals surface area contributed by atoms with Crippen LogP contribution in [0.5, 0.6) is 0 Å². The van der Waals surface area contributed by atoms with Crippen molar-refractivity contribution in [2.75, 3.05) is 13.1 Å². The van der Waals surface area contributed by atoms with Crippen molar-refractivity contribution in [1.29, 1.82) is 0 Å². The molecule has 0 aliphatic rings. The van der Waals surface area contributed by atoms with Crippen LogP contribution in [-0.2, 0) is 16.1 Å². The molecule has 0 fully saturated rings. The molecule has 0 aliphatic heterocycles. The van der Waals surface area contributed by atoms with Crippen LogP contribution in [0.15, 0.2) is 24.3 Å². The lowest BCUT2D eigenvalue weighted by Gasteiger charge is -2.20. The standard InChI is InChI=1S/C17H25FN2O2/c1-3-5-6-7-17(22)20(4-2)13-16(21)19-12-14-8-10-15(18)11-9-14/h8-11H,3-7,12-13H2,1-2H3,(H,19,21). The fraction of sp³-hybridized carbons (Fsp3) is 0.529. The zero-order valence-electron chi connectivity index (χ0n) is 13.4. The Morgan fingerprint density at radius 2 is 1.82 bits per heavy atom. The first-order valence-electron chi connectivity index (χ1n) is 7.85. The molecule has 0 heterocycles. The average Bonchev–Trinajstić information content (AvgIpc) is 2.52. The first kappa shape index (κ1) is 18.1. The minimum atomic E-state index is -0.301. The van der Waals surface area contributed by atoms with Gasteiger partial charge in [-0.05, 0) is 31.0 Å². The molecule has 1 N–H and O–H groups in total. The average molecular weight is 308 g/mol. The maximum Gasteiger partial charge on any atom is 0.239 e. The molecule has 0 aliphatic carbocycles. The highest BCUT2D eigenvalue weighted by molar-refractivity contribution is 5.84. The van der Waals surface area contributed by atoms with E-state index in [0.29, 0.717) is 19.5 Å². The molecule has 1 aromatic rings.